The van der Waals surface area contributed by atoms with E-state index in [1.54, 1.807) is 12.3 Å². The summed E-state index contributed by atoms with van der Waals surface area (Å²) in [4.78, 5) is 15.8. The van der Waals surface area contributed by atoms with Crippen LogP contribution < -0.4 is 15.0 Å². The topological polar surface area (TPSA) is 138 Å². The lowest BCUT2D eigenvalue weighted by atomic mass is 10.1. The zero-order chi connectivity index (χ0) is 23.3. The first-order valence-electron chi connectivity index (χ1n) is 11.3. The van der Waals surface area contributed by atoms with Crippen LogP contribution in [0.2, 0.25) is 0 Å². The summed E-state index contributed by atoms with van der Waals surface area (Å²) < 4.78 is 11.5. The number of ether oxygens (including phenoxy) is 1. The van der Waals surface area contributed by atoms with Gasteiger partial charge in [0.1, 0.15) is 11.5 Å². The summed E-state index contributed by atoms with van der Waals surface area (Å²) in [6.07, 6.45) is 4.10. The lowest BCUT2D eigenvalue weighted by molar-refractivity contribution is 0.229. The number of H-pyrrole nitrogens is 1. The van der Waals surface area contributed by atoms with Crippen LogP contribution in [-0.4, -0.2) is 55.2 Å². The normalized spacial score (nSPS) is 15.6. The van der Waals surface area contributed by atoms with Crippen molar-refractivity contribution in [3.63, 3.8) is 0 Å². The highest BCUT2D eigenvalue weighted by Crippen LogP contribution is 2.37. The molecule has 11 heteroatoms. The van der Waals surface area contributed by atoms with Crippen molar-refractivity contribution in [3.8, 4) is 17.3 Å². The molecule has 0 radical (unpaired) electrons. The fraction of sp³-hybridized carbons (Fsp3) is 0.348. The molecular formula is C23H26N8O3. The number of nitrogens with one attached hydrogen (secondary N) is 2. The van der Waals surface area contributed by atoms with Crippen molar-refractivity contribution in [1.29, 1.82) is 0 Å². The summed E-state index contributed by atoms with van der Waals surface area (Å²) in [7, 11) is 0. The number of aryl methyl sites for hydroxylation is 1. The number of aromatic amines is 1. The molecule has 4 aromatic heterocycles. The first-order chi connectivity index (χ1) is 16.7. The third-order valence-corrected chi connectivity index (χ3v) is 5.50. The Labute approximate surface area is 196 Å². The van der Waals surface area contributed by atoms with E-state index in [-0.39, 0.29) is 12.6 Å². The van der Waals surface area contributed by atoms with E-state index >= 15 is 0 Å². The molecule has 0 saturated carbocycles. The molecule has 0 aliphatic carbocycles. The van der Waals surface area contributed by atoms with E-state index < -0.39 is 0 Å². The molecule has 5 rings (SSSR count). The maximum absolute atomic E-state index is 9.10. The Morgan fingerprint density at radius 1 is 1.21 bits per heavy atom. The molecule has 1 atom stereocenters. The maximum atomic E-state index is 9.10. The maximum Gasteiger partial charge on any atom is 0.231 e. The fourth-order valence-corrected chi connectivity index (χ4v) is 3.92. The van der Waals surface area contributed by atoms with Crippen molar-refractivity contribution in [2.75, 3.05) is 30.0 Å². The molecule has 3 N–H and O–H groups in total. The van der Waals surface area contributed by atoms with Crippen molar-refractivity contribution in [1.82, 2.24) is 30.3 Å². The highest BCUT2D eigenvalue weighted by atomic mass is 16.5. The van der Waals surface area contributed by atoms with Crippen molar-refractivity contribution < 1.29 is 14.4 Å². The molecule has 0 aromatic carbocycles. The Kier molecular flexibility index (Phi) is 6.34. The van der Waals surface area contributed by atoms with Gasteiger partial charge in [0.05, 0.1) is 18.3 Å². The van der Waals surface area contributed by atoms with E-state index in [9.17, 15) is 0 Å². The fourth-order valence-electron chi connectivity index (χ4n) is 3.92. The average molecular weight is 463 g/mol. The molecular weight excluding hydrogens is 436 g/mol. The molecule has 1 unspecified atom stereocenters. The lowest BCUT2D eigenvalue weighted by Gasteiger charge is -2.23. The first kappa shape index (κ1) is 21.8. The molecule has 34 heavy (non-hydrogen) atoms. The van der Waals surface area contributed by atoms with E-state index in [2.05, 4.69) is 35.5 Å². The van der Waals surface area contributed by atoms with Gasteiger partial charge in [-0.15, -0.1) is 0 Å². The third-order valence-electron chi connectivity index (χ3n) is 5.50. The van der Waals surface area contributed by atoms with Crippen molar-refractivity contribution in [2.45, 2.75) is 32.2 Å². The molecule has 1 fully saturated rings. The number of hydrogen-bond donors (Lipinski definition) is 3. The number of anilines is 3. The van der Waals surface area contributed by atoms with Gasteiger partial charge < -0.3 is 24.6 Å². The van der Waals surface area contributed by atoms with Crippen LogP contribution in [0.25, 0.3) is 11.4 Å². The Bertz CT molecular complexity index is 1230. The monoisotopic (exact) mass is 462 g/mol. The zero-order valence-corrected chi connectivity index (χ0v) is 18.8. The number of aromatic nitrogens is 6. The second-order valence-electron chi connectivity index (χ2n) is 8.06. The number of rotatable bonds is 9. The van der Waals surface area contributed by atoms with Crippen LogP contribution in [-0.2, 0) is 0 Å². The smallest absolute Gasteiger partial charge is 0.231 e. The SMILES string of the molecule is Cc1cc(Nc2cc(OCCCO)nc(N3CCCC3c3cc(-c4ccccn4)no3)n2)n[nH]1. The van der Waals surface area contributed by atoms with E-state index in [1.807, 2.05) is 37.3 Å². The molecule has 176 valence electrons. The number of aliphatic hydroxyl groups is 1. The van der Waals surface area contributed by atoms with Gasteiger partial charge in [0.15, 0.2) is 11.6 Å². The Balaban J connectivity index is 1.43. The van der Waals surface area contributed by atoms with Gasteiger partial charge in [0.25, 0.3) is 0 Å². The Hall–Kier alpha value is -3.99. The minimum Gasteiger partial charge on any atom is -0.477 e. The standard InChI is InChI=1S/C23H26N8O3/c1-15-12-21(29-28-15)25-20-14-22(33-11-5-10-32)27-23(26-20)31-9-4-7-18(31)19-13-17(30-34-19)16-6-2-3-8-24-16/h2-3,6,8,12-14,18,32H,4-5,7,9-11H2,1H3,(H2,25,26,27,28,29). The van der Waals surface area contributed by atoms with Crippen LogP contribution >= 0.6 is 0 Å². The van der Waals surface area contributed by atoms with Gasteiger partial charge >= 0.3 is 0 Å². The summed E-state index contributed by atoms with van der Waals surface area (Å²) in [5, 5.41) is 23.7. The predicted octanol–water partition coefficient (Wildman–Crippen LogP) is 3.40. The summed E-state index contributed by atoms with van der Waals surface area (Å²) in [5.74, 6) is 2.90. The quantitative estimate of drug-likeness (QED) is 0.317. The van der Waals surface area contributed by atoms with Crippen LogP contribution in [0, 0.1) is 6.92 Å². The Morgan fingerprint density at radius 3 is 2.94 bits per heavy atom. The minimum absolute atomic E-state index is 0.0495. The number of aliphatic hydroxyl groups excluding tert-OH is 1. The third kappa shape index (κ3) is 4.84. The summed E-state index contributed by atoms with van der Waals surface area (Å²) >= 11 is 0. The zero-order valence-electron chi connectivity index (χ0n) is 18.8. The molecule has 1 aliphatic rings. The lowest BCUT2D eigenvalue weighted by Crippen LogP contribution is -2.25. The van der Waals surface area contributed by atoms with Crippen molar-refractivity contribution in [3.05, 3.63) is 54.0 Å². The number of nitrogens with zero attached hydrogens (tertiary/aromatic N) is 6. The van der Waals surface area contributed by atoms with E-state index in [4.69, 9.17) is 19.4 Å². The molecule has 11 nitrogen and oxygen atoms in total. The molecule has 4 aromatic rings. The van der Waals surface area contributed by atoms with Crippen LogP contribution in [0.3, 0.4) is 0 Å². The van der Waals surface area contributed by atoms with Gasteiger partial charge in [-0.05, 0) is 31.9 Å². The molecule has 5 heterocycles. The highest BCUT2D eigenvalue weighted by Gasteiger charge is 2.32. The van der Waals surface area contributed by atoms with Crippen LogP contribution in [0.15, 0.2) is 47.1 Å². The second kappa shape index (κ2) is 9.87. The molecule has 0 bridgehead atoms. The van der Waals surface area contributed by atoms with E-state index in [1.165, 1.54) is 0 Å². The van der Waals surface area contributed by atoms with Crippen LogP contribution in [0.4, 0.5) is 17.6 Å². The predicted molar refractivity (Wildman–Crippen MR) is 125 cm³/mol. The molecule has 0 amide bonds. The van der Waals surface area contributed by atoms with E-state index in [0.29, 0.717) is 42.2 Å². The highest BCUT2D eigenvalue weighted by molar-refractivity contribution is 5.57. The summed E-state index contributed by atoms with van der Waals surface area (Å²) in [6.45, 7) is 3.10. The number of pyridine rings is 1. The van der Waals surface area contributed by atoms with Crippen molar-refractivity contribution in [2.24, 2.45) is 0 Å². The van der Waals surface area contributed by atoms with E-state index in [0.717, 1.165) is 36.5 Å². The molecule has 1 saturated heterocycles. The van der Waals surface area contributed by atoms with Gasteiger partial charge in [-0.1, -0.05) is 11.2 Å². The summed E-state index contributed by atoms with van der Waals surface area (Å²) in [6, 6.07) is 11.2. The van der Waals surface area contributed by atoms with Crippen LogP contribution in [0.1, 0.15) is 36.8 Å². The average Bonchev–Trinajstić information content (AvgIpc) is 3.60. The van der Waals surface area contributed by atoms with Gasteiger partial charge in [-0.25, -0.2) is 0 Å². The van der Waals surface area contributed by atoms with Gasteiger partial charge in [0, 0.05) is 49.7 Å². The van der Waals surface area contributed by atoms with Gasteiger partial charge in [-0.3, -0.25) is 10.1 Å². The summed E-state index contributed by atoms with van der Waals surface area (Å²) in [5.41, 5.74) is 2.39. The second-order valence-corrected chi connectivity index (χ2v) is 8.06. The largest absolute Gasteiger partial charge is 0.477 e. The van der Waals surface area contributed by atoms with Gasteiger partial charge in [0.2, 0.25) is 11.8 Å². The Morgan fingerprint density at radius 2 is 2.15 bits per heavy atom. The first-order valence-corrected chi connectivity index (χ1v) is 11.3. The number of hydrogen-bond acceptors (Lipinski definition) is 10. The molecule has 0 spiro atoms. The molecule has 1 aliphatic heterocycles. The minimum atomic E-state index is -0.0573. The van der Waals surface area contributed by atoms with Crippen LogP contribution in [0.5, 0.6) is 5.88 Å². The van der Waals surface area contributed by atoms with Crippen molar-refractivity contribution >= 4 is 17.6 Å². The van der Waals surface area contributed by atoms with Gasteiger partial charge in [-0.2, -0.15) is 15.1 Å².